The van der Waals surface area contributed by atoms with E-state index in [4.69, 9.17) is 5.73 Å². The number of benzene rings is 1. The predicted molar refractivity (Wildman–Crippen MR) is 80.5 cm³/mol. The minimum absolute atomic E-state index is 0.0446. The Balaban J connectivity index is 2.28. The summed E-state index contributed by atoms with van der Waals surface area (Å²) in [5.74, 6) is -0.144. The molecule has 1 heterocycles. The highest BCUT2D eigenvalue weighted by atomic mass is 16.1. The molecule has 0 saturated heterocycles. The van der Waals surface area contributed by atoms with Gasteiger partial charge in [0.1, 0.15) is 0 Å². The van der Waals surface area contributed by atoms with Crippen molar-refractivity contribution in [1.82, 2.24) is 10.3 Å². The van der Waals surface area contributed by atoms with Crippen LogP contribution >= 0.6 is 0 Å². The molecule has 104 valence electrons. The van der Waals surface area contributed by atoms with Gasteiger partial charge in [-0.25, -0.2) is 0 Å². The molecule has 5 heteroatoms. The highest BCUT2D eigenvalue weighted by molar-refractivity contribution is 6.00. The third-order valence-corrected chi connectivity index (χ3v) is 3.09. The first kappa shape index (κ1) is 13.9. The molecule has 0 aliphatic rings. The van der Waals surface area contributed by atoms with Gasteiger partial charge in [0.25, 0.3) is 5.91 Å². The Labute approximate surface area is 118 Å². The van der Waals surface area contributed by atoms with Crippen LogP contribution < -0.4 is 16.4 Å². The molecule has 0 saturated carbocycles. The lowest BCUT2D eigenvalue weighted by molar-refractivity contribution is 0.0964. The van der Waals surface area contributed by atoms with E-state index in [0.717, 1.165) is 5.56 Å². The molecule has 1 aromatic heterocycles. The summed E-state index contributed by atoms with van der Waals surface area (Å²) >= 11 is 0. The van der Waals surface area contributed by atoms with E-state index in [9.17, 15) is 4.79 Å². The average Bonchev–Trinajstić information content (AvgIpc) is 2.47. The number of pyridine rings is 1. The van der Waals surface area contributed by atoms with Crippen LogP contribution in [0, 0.1) is 0 Å². The number of nitrogens with zero attached hydrogens (tertiary/aromatic N) is 1. The van der Waals surface area contributed by atoms with E-state index < -0.39 is 0 Å². The molecule has 1 atom stereocenters. The summed E-state index contributed by atoms with van der Waals surface area (Å²) < 4.78 is 0. The molecule has 1 amide bonds. The van der Waals surface area contributed by atoms with Crippen LogP contribution in [-0.4, -0.2) is 17.9 Å². The van der Waals surface area contributed by atoms with Gasteiger partial charge in [0.15, 0.2) is 0 Å². The lowest BCUT2D eigenvalue weighted by atomic mass is 10.1. The number of carbonyl (C=O) groups excluding carboxylic acids is 1. The molecule has 2 aromatic rings. The number of hydrogen-bond acceptors (Lipinski definition) is 4. The Bertz CT molecular complexity index is 598. The summed E-state index contributed by atoms with van der Waals surface area (Å²) in [6.07, 6.45) is 3.49. The molecule has 0 radical (unpaired) electrons. The lowest BCUT2D eigenvalue weighted by Crippen LogP contribution is -2.20. The SMILES string of the molecule is CNC(=O)c1ccc(N)cc1NC(C)c1ccncc1. The first-order valence-electron chi connectivity index (χ1n) is 6.40. The Morgan fingerprint density at radius 1 is 1.25 bits per heavy atom. The van der Waals surface area contributed by atoms with Gasteiger partial charge >= 0.3 is 0 Å². The minimum atomic E-state index is -0.144. The summed E-state index contributed by atoms with van der Waals surface area (Å²) in [6, 6.07) is 9.11. The van der Waals surface area contributed by atoms with Gasteiger partial charge in [0, 0.05) is 36.9 Å². The molecule has 0 bridgehead atoms. The molecule has 1 unspecified atom stereocenters. The fraction of sp³-hybridized carbons (Fsp3) is 0.200. The van der Waals surface area contributed by atoms with Crippen molar-refractivity contribution in [3.8, 4) is 0 Å². The second-order valence-corrected chi connectivity index (χ2v) is 4.53. The second-order valence-electron chi connectivity index (χ2n) is 4.53. The van der Waals surface area contributed by atoms with Crippen molar-refractivity contribution in [3.63, 3.8) is 0 Å². The number of rotatable bonds is 4. The third kappa shape index (κ3) is 3.06. The molecule has 0 aliphatic heterocycles. The van der Waals surface area contributed by atoms with Crippen molar-refractivity contribution >= 4 is 17.3 Å². The van der Waals surface area contributed by atoms with Crippen LogP contribution in [0.2, 0.25) is 0 Å². The van der Waals surface area contributed by atoms with Crippen LogP contribution in [0.1, 0.15) is 28.9 Å². The van der Waals surface area contributed by atoms with E-state index in [0.29, 0.717) is 16.9 Å². The first-order valence-corrected chi connectivity index (χ1v) is 6.40. The zero-order valence-corrected chi connectivity index (χ0v) is 11.6. The van der Waals surface area contributed by atoms with Crippen LogP contribution in [0.5, 0.6) is 0 Å². The summed E-state index contributed by atoms with van der Waals surface area (Å²) in [6.45, 7) is 2.02. The molecule has 5 nitrogen and oxygen atoms in total. The average molecular weight is 270 g/mol. The smallest absolute Gasteiger partial charge is 0.253 e. The second kappa shape index (κ2) is 6.06. The standard InChI is InChI=1S/C15H18N4O/c1-10(11-5-7-18-8-6-11)19-14-9-12(16)3-4-13(14)15(20)17-2/h3-10,19H,16H2,1-2H3,(H,17,20). The molecule has 0 fully saturated rings. The number of nitrogens with one attached hydrogen (secondary N) is 2. The van der Waals surface area contributed by atoms with Gasteiger partial charge in [-0.15, -0.1) is 0 Å². The number of aromatic nitrogens is 1. The van der Waals surface area contributed by atoms with Gasteiger partial charge in [-0.2, -0.15) is 0 Å². The van der Waals surface area contributed by atoms with Gasteiger partial charge in [-0.3, -0.25) is 9.78 Å². The van der Waals surface area contributed by atoms with E-state index in [2.05, 4.69) is 15.6 Å². The Morgan fingerprint density at radius 2 is 1.95 bits per heavy atom. The molecule has 2 rings (SSSR count). The first-order chi connectivity index (χ1) is 9.61. The van der Waals surface area contributed by atoms with E-state index in [-0.39, 0.29) is 11.9 Å². The van der Waals surface area contributed by atoms with Crippen molar-refractivity contribution < 1.29 is 4.79 Å². The summed E-state index contributed by atoms with van der Waals surface area (Å²) in [4.78, 5) is 15.9. The Hall–Kier alpha value is -2.56. The van der Waals surface area contributed by atoms with Crippen molar-refractivity contribution in [1.29, 1.82) is 0 Å². The highest BCUT2D eigenvalue weighted by Crippen LogP contribution is 2.24. The van der Waals surface area contributed by atoms with E-state index in [1.165, 1.54) is 0 Å². The fourth-order valence-electron chi connectivity index (χ4n) is 1.98. The van der Waals surface area contributed by atoms with Gasteiger partial charge < -0.3 is 16.4 Å². The number of amides is 1. The number of hydrogen-bond donors (Lipinski definition) is 3. The number of carbonyl (C=O) groups is 1. The summed E-state index contributed by atoms with van der Waals surface area (Å²) in [7, 11) is 1.61. The Kier molecular flexibility index (Phi) is 4.20. The van der Waals surface area contributed by atoms with Crippen molar-refractivity contribution in [2.24, 2.45) is 0 Å². The maximum Gasteiger partial charge on any atom is 0.253 e. The maximum atomic E-state index is 11.9. The van der Waals surface area contributed by atoms with Crippen molar-refractivity contribution in [3.05, 3.63) is 53.9 Å². The van der Waals surface area contributed by atoms with Gasteiger partial charge in [0.05, 0.1) is 5.56 Å². The topological polar surface area (TPSA) is 80.0 Å². The normalized spacial score (nSPS) is 11.7. The zero-order valence-electron chi connectivity index (χ0n) is 11.6. The molecule has 4 N–H and O–H groups in total. The van der Waals surface area contributed by atoms with E-state index in [1.54, 1.807) is 37.6 Å². The molecule has 1 aromatic carbocycles. The van der Waals surface area contributed by atoms with Crippen LogP contribution in [0.25, 0.3) is 0 Å². The van der Waals surface area contributed by atoms with Crippen molar-refractivity contribution in [2.75, 3.05) is 18.1 Å². The maximum absolute atomic E-state index is 11.9. The van der Waals surface area contributed by atoms with Crippen LogP contribution in [0.15, 0.2) is 42.7 Å². The van der Waals surface area contributed by atoms with Crippen LogP contribution in [-0.2, 0) is 0 Å². The third-order valence-electron chi connectivity index (χ3n) is 3.09. The van der Waals surface area contributed by atoms with E-state index in [1.807, 2.05) is 19.1 Å². The predicted octanol–water partition coefficient (Wildman–Crippen LogP) is 2.20. The fourth-order valence-corrected chi connectivity index (χ4v) is 1.98. The molecular formula is C15H18N4O. The molecule has 20 heavy (non-hydrogen) atoms. The number of nitrogens with two attached hydrogens (primary N) is 1. The lowest BCUT2D eigenvalue weighted by Gasteiger charge is -2.18. The minimum Gasteiger partial charge on any atom is -0.399 e. The van der Waals surface area contributed by atoms with E-state index >= 15 is 0 Å². The van der Waals surface area contributed by atoms with Gasteiger partial charge in [-0.1, -0.05) is 0 Å². The summed E-state index contributed by atoms with van der Waals surface area (Å²) in [5, 5.41) is 5.94. The number of anilines is 2. The Morgan fingerprint density at radius 3 is 2.60 bits per heavy atom. The zero-order chi connectivity index (χ0) is 14.5. The summed E-state index contributed by atoms with van der Waals surface area (Å²) in [5.41, 5.74) is 8.79. The van der Waals surface area contributed by atoms with Crippen LogP contribution in [0.3, 0.4) is 0 Å². The molecule has 0 aliphatic carbocycles. The molecule has 0 spiro atoms. The van der Waals surface area contributed by atoms with Crippen molar-refractivity contribution in [2.45, 2.75) is 13.0 Å². The number of nitrogen functional groups attached to an aromatic ring is 1. The molecular weight excluding hydrogens is 252 g/mol. The van der Waals surface area contributed by atoms with Gasteiger partial charge in [0.2, 0.25) is 0 Å². The highest BCUT2D eigenvalue weighted by Gasteiger charge is 2.13. The van der Waals surface area contributed by atoms with Crippen LogP contribution in [0.4, 0.5) is 11.4 Å². The quantitative estimate of drug-likeness (QED) is 0.744. The van der Waals surface area contributed by atoms with Gasteiger partial charge in [-0.05, 0) is 42.8 Å². The monoisotopic (exact) mass is 270 g/mol. The largest absolute Gasteiger partial charge is 0.399 e.